The van der Waals surface area contributed by atoms with Crippen molar-refractivity contribution >= 4 is 24.3 Å². The fraction of sp³-hybridized carbons (Fsp3) is 0.579. The quantitative estimate of drug-likeness (QED) is 0.340. The minimum atomic E-state index is -0.370. The van der Waals surface area contributed by atoms with Gasteiger partial charge in [0.25, 0.3) is 0 Å². The Morgan fingerprint density at radius 3 is 2.50 bits per heavy atom. The van der Waals surface area contributed by atoms with Crippen molar-refractivity contribution in [2.45, 2.75) is 33.3 Å². The van der Waals surface area contributed by atoms with Gasteiger partial charge in [0, 0.05) is 26.6 Å². The number of hydrogen-bond donors (Lipinski definition) is 1. The zero-order valence-electron chi connectivity index (χ0n) is 15.9. The van der Waals surface area contributed by atoms with E-state index >= 15 is 0 Å². The zero-order chi connectivity index (χ0) is 18.5. The van der Waals surface area contributed by atoms with Crippen molar-refractivity contribution in [3.05, 3.63) is 35.9 Å². The van der Waals surface area contributed by atoms with Crippen LogP contribution in [0.25, 0.3) is 0 Å². The van der Waals surface area contributed by atoms with Crippen LogP contribution in [-0.2, 0) is 25.7 Å². The molecule has 7 heteroatoms. The molecule has 1 N–H and O–H groups in total. The summed E-state index contributed by atoms with van der Waals surface area (Å²) < 4.78 is 10.3. The average molecular weight is 387 g/mol. The van der Waals surface area contributed by atoms with E-state index in [0.29, 0.717) is 32.0 Å². The molecular weight excluding hydrogens is 356 g/mol. The number of ether oxygens (including phenoxy) is 2. The van der Waals surface area contributed by atoms with E-state index in [-0.39, 0.29) is 37.5 Å². The maximum Gasteiger partial charge on any atom is 0.309 e. The lowest BCUT2D eigenvalue weighted by Crippen LogP contribution is -2.32. The maximum absolute atomic E-state index is 11.9. The van der Waals surface area contributed by atoms with Crippen LogP contribution < -0.4 is 5.32 Å². The first-order valence-corrected chi connectivity index (χ1v) is 8.71. The molecule has 1 aromatic carbocycles. The minimum Gasteiger partial charge on any atom is -0.438 e. The Labute approximate surface area is 162 Å². The van der Waals surface area contributed by atoms with Crippen molar-refractivity contribution in [2.75, 3.05) is 33.5 Å². The molecule has 1 amide bonds. The lowest BCUT2D eigenvalue weighted by Gasteiger charge is -2.17. The largest absolute Gasteiger partial charge is 0.438 e. The van der Waals surface area contributed by atoms with Gasteiger partial charge in [-0.25, -0.2) is 0 Å². The molecule has 0 unspecified atom stereocenters. The second-order valence-electron chi connectivity index (χ2n) is 6.38. The summed E-state index contributed by atoms with van der Waals surface area (Å²) in [6, 6.07) is 9.67. The number of carbonyl (C=O) groups excluding carboxylic acids is 2. The number of halogens is 1. The van der Waals surface area contributed by atoms with Crippen molar-refractivity contribution in [1.29, 1.82) is 0 Å². The molecule has 0 fully saturated rings. The average Bonchev–Trinajstić information content (AvgIpc) is 2.60. The lowest BCUT2D eigenvalue weighted by molar-refractivity contribution is -0.157. The van der Waals surface area contributed by atoms with Crippen LogP contribution in [0.4, 0.5) is 0 Å². The SMILES string of the molecule is CC(C)CNCCC(=O)N(C)CCC(=O)OCOCc1ccccc1.Cl. The van der Waals surface area contributed by atoms with E-state index in [4.69, 9.17) is 9.47 Å². The zero-order valence-corrected chi connectivity index (χ0v) is 16.7. The number of nitrogens with one attached hydrogen (secondary N) is 1. The molecule has 0 saturated carbocycles. The molecule has 0 aliphatic carbocycles. The molecule has 0 spiro atoms. The fourth-order valence-corrected chi connectivity index (χ4v) is 2.07. The Morgan fingerprint density at radius 1 is 1.15 bits per heavy atom. The van der Waals surface area contributed by atoms with Crippen LogP contribution in [0.1, 0.15) is 32.3 Å². The monoisotopic (exact) mass is 386 g/mol. The van der Waals surface area contributed by atoms with Gasteiger partial charge in [-0.3, -0.25) is 9.59 Å². The van der Waals surface area contributed by atoms with Crippen molar-refractivity contribution in [3.63, 3.8) is 0 Å². The Morgan fingerprint density at radius 2 is 1.85 bits per heavy atom. The van der Waals surface area contributed by atoms with Crippen LogP contribution in [0.15, 0.2) is 30.3 Å². The van der Waals surface area contributed by atoms with Gasteiger partial charge in [0.2, 0.25) is 5.91 Å². The number of nitrogens with zero attached hydrogens (tertiary/aromatic N) is 1. The summed E-state index contributed by atoms with van der Waals surface area (Å²) in [7, 11) is 1.70. The number of rotatable bonds is 12. The highest BCUT2D eigenvalue weighted by Crippen LogP contribution is 2.01. The van der Waals surface area contributed by atoms with E-state index in [1.165, 1.54) is 0 Å². The van der Waals surface area contributed by atoms with Crippen molar-refractivity contribution in [3.8, 4) is 0 Å². The topological polar surface area (TPSA) is 67.9 Å². The molecule has 0 saturated heterocycles. The van der Waals surface area contributed by atoms with E-state index in [0.717, 1.165) is 12.1 Å². The molecular formula is C19H31ClN2O4. The number of benzene rings is 1. The standard InChI is InChI=1S/C19H30N2O4.ClH/c1-16(2)13-20-11-9-18(22)21(3)12-10-19(23)25-15-24-14-17-7-5-4-6-8-17;/h4-8,16,20H,9-15H2,1-3H3;1H. The van der Waals surface area contributed by atoms with Crippen molar-refractivity contribution in [1.82, 2.24) is 10.2 Å². The highest BCUT2D eigenvalue weighted by atomic mass is 35.5. The van der Waals surface area contributed by atoms with Gasteiger partial charge >= 0.3 is 5.97 Å². The maximum atomic E-state index is 11.9. The van der Waals surface area contributed by atoms with E-state index < -0.39 is 0 Å². The molecule has 0 heterocycles. The minimum absolute atomic E-state index is 0. The number of amides is 1. The summed E-state index contributed by atoms with van der Waals surface area (Å²) >= 11 is 0. The third kappa shape index (κ3) is 11.8. The van der Waals surface area contributed by atoms with E-state index in [1.54, 1.807) is 11.9 Å². The summed E-state index contributed by atoms with van der Waals surface area (Å²) in [4.78, 5) is 25.1. The van der Waals surface area contributed by atoms with Crippen molar-refractivity contribution < 1.29 is 19.1 Å². The molecule has 1 aromatic rings. The van der Waals surface area contributed by atoms with Gasteiger partial charge < -0.3 is 19.7 Å². The molecule has 0 aromatic heterocycles. The molecule has 26 heavy (non-hydrogen) atoms. The van der Waals surface area contributed by atoms with Gasteiger partial charge in [0.15, 0.2) is 6.79 Å². The van der Waals surface area contributed by atoms with Crippen LogP contribution in [0, 0.1) is 5.92 Å². The van der Waals surface area contributed by atoms with Crippen LogP contribution in [0.3, 0.4) is 0 Å². The van der Waals surface area contributed by atoms with Gasteiger partial charge in [0.05, 0.1) is 13.0 Å². The third-order valence-electron chi connectivity index (χ3n) is 3.56. The second kappa shape index (κ2) is 14.5. The molecule has 0 bridgehead atoms. The van der Waals surface area contributed by atoms with Gasteiger partial charge in [-0.05, 0) is 18.0 Å². The van der Waals surface area contributed by atoms with Crippen LogP contribution >= 0.6 is 12.4 Å². The first kappa shape index (κ1) is 24.4. The Kier molecular flexibility index (Phi) is 13.6. The van der Waals surface area contributed by atoms with E-state index in [9.17, 15) is 9.59 Å². The molecule has 0 radical (unpaired) electrons. The molecule has 1 rings (SSSR count). The normalized spacial score (nSPS) is 10.3. The summed E-state index contributed by atoms with van der Waals surface area (Å²) in [5.74, 6) is 0.210. The summed E-state index contributed by atoms with van der Waals surface area (Å²) in [6.45, 7) is 6.46. The first-order valence-electron chi connectivity index (χ1n) is 8.71. The molecule has 0 aliphatic heterocycles. The second-order valence-corrected chi connectivity index (χ2v) is 6.38. The third-order valence-corrected chi connectivity index (χ3v) is 3.56. The summed E-state index contributed by atoms with van der Waals surface area (Å²) in [5, 5.41) is 3.23. The van der Waals surface area contributed by atoms with Crippen LogP contribution in [0.2, 0.25) is 0 Å². The Bertz CT molecular complexity index is 512. The highest BCUT2D eigenvalue weighted by molar-refractivity contribution is 5.85. The summed E-state index contributed by atoms with van der Waals surface area (Å²) in [5.41, 5.74) is 1.02. The fourth-order valence-electron chi connectivity index (χ4n) is 2.07. The Balaban J connectivity index is 0.00000625. The number of esters is 1. The smallest absolute Gasteiger partial charge is 0.309 e. The van der Waals surface area contributed by atoms with Crippen LogP contribution in [-0.4, -0.2) is 50.3 Å². The van der Waals surface area contributed by atoms with Gasteiger partial charge in [-0.1, -0.05) is 44.2 Å². The Hall–Kier alpha value is -1.63. The molecule has 148 valence electrons. The molecule has 0 aliphatic rings. The predicted octanol–water partition coefficient (Wildman–Crippen LogP) is 2.61. The van der Waals surface area contributed by atoms with Gasteiger partial charge in [-0.2, -0.15) is 0 Å². The predicted molar refractivity (Wildman–Crippen MR) is 104 cm³/mol. The van der Waals surface area contributed by atoms with Crippen molar-refractivity contribution in [2.24, 2.45) is 5.92 Å². The molecule has 0 atom stereocenters. The van der Waals surface area contributed by atoms with Gasteiger partial charge in [-0.15, -0.1) is 12.4 Å². The molecule has 6 nitrogen and oxygen atoms in total. The first-order chi connectivity index (χ1) is 12.0. The highest BCUT2D eigenvalue weighted by Gasteiger charge is 2.11. The number of hydrogen-bond acceptors (Lipinski definition) is 5. The lowest BCUT2D eigenvalue weighted by atomic mass is 10.2. The summed E-state index contributed by atoms with van der Waals surface area (Å²) in [6.07, 6.45) is 0.592. The van der Waals surface area contributed by atoms with Crippen LogP contribution in [0.5, 0.6) is 0 Å². The number of carbonyl (C=O) groups is 2. The van der Waals surface area contributed by atoms with E-state index in [1.807, 2.05) is 30.3 Å². The van der Waals surface area contributed by atoms with Gasteiger partial charge in [0.1, 0.15) is 0 Å². The van der Waals surface area contributed by atoms with E-state index in [2.05, 4.69) is 19.2 Å².